The Bertz CT molecular complexity index is 1640. The number of benzene rings is 5. The summed E-state index contributed by atoms with van der Waals surface area (Å²) in [6, 6.07) is 46.0. The van der Waals surface area contributed by atoms with Crippen LogP contribution in [-0.2, 0) is 0 Å². The average Bonchev–Trinajstić information content (AvgIpc) is 2.99. The molecule has 0 spiro atoms. The van der Waals surface area contributed by atoms with Crippen molar-refractivity contribution in [3.63, 3.8) is 0 Å². The summed E-state index contributed by atoms with van der Waals surface area (Å²) in [5, 5.41) is 12.2. The molecule has 1 aliphatic rings. The standard InChI is InChI=1S/C36H29N3/c1-26-13-11-12-20-32(26)35-23-28-21-22-31(39(29-16-7-3-8-17-29)30-18-9-4-10-19-30)24-33(28)36(38-35)34(25-37)27-14-5-2-6-15-27/h2-25,37-38H,1H3/b36-34+,37-25?. The van der Waals surface area contributed by atoms with E-state index in [2.05, 4.69) is 126 Å². The molecule has 2 N–H and O–H groups in total. The number of rotatable bonds is 6. The van der Waals surface area contributed by atoms with Crippen LogP contribution in [0.1, 0.15) is 27.8 Å². The van der Waals surface area contributed by atoms with Gasteiger partial charge in [-0.05, 0) is 66.1 Å². The van der Waals surface area contributed by atoms with Gasteiger partial charge in [0.15, 0.2) is 0 Å². The zero-order valence-corrected chi connectivity index (χ0v) is 21.8. The van der Waals surface area contributed by atoms with Gasteiger partial charge in [-0.2, -0.15) is 0 Å². The lowest BCUT2D eigenvalue weighted by Gasteiger charge is -2.29. The Morgan fingerprint density at radius 2 is 1.23 bits per heavy atom. The Hall–Kier alpha value is -5.15. The van der Waals surface area contributed by atoms with Crippen LogP contribution in [0.15, 0.2) is 133 Å². The molecule has 0 saturated carbocycles. The lowest BCUT2D eigenvalue weighted by molar-refractivity contribution is 1.20. The fraction of sp³-hybridized carbons (Fsp3) is 0.0278. The van der Waals surface area contributed by atoms with Crippen LogP contribution in [0, 0.1) is 12.3 Å². The lowest BCUT2D eigenvalue weighted by Crippen LogP contribution is -2.19. The molecule has 5 aromatic carbocycles. The van der Waals surface area contributed by atoms with Crippen LogP contribution in [-0.4, -0.2) is 6.21 Å². The first kappa shape index (κ1) is 24.2. The number of nitrogens with one attached hydrogen (secondary N) is 2. The van der Waals surface area contributed by atoms with Crippen LogP contribution >= 0.6 is 0 Å². The molecule has 5 aromatic rings. The summed E-state index contributed by atoms with van der Waals surface area (Å²) < 4.78 is 0. The Kier molecular flexibility index (Phi) is 6.63. The van der Waals surface area contributed by atoms with Crippen LogP contribution in [0.2, 0.25) is 0 Å². The number of hydrogen-bond donors (Lipinski definition) is 2. The van der Waals surface area contributed by atoms with E-state index in [4.69, 9.17) is 5.41 Å². The van der Waals surface area contributed by atoms with Gasteiger partial charge in [0.1, 0.15) is 0 Å². The van der Waals surface area contributed by atoms with Crippen LogP contribution in [0.4, 0.5) is 17.1 Å². The largest absolute Gasteiger partial charge is 0.354 e. The number of anilines is 3. The minimum atomic E-state index is 0.846. The quantitative estimate of drug-likeness (QED) is 0.227. The monoisotopic (exact) mass is 503 g/mol. The molecule has 0 bridgehead atoms. The highest BCUT2D eigenvalue weighted by atomic mass is 15.1. The molecule has 6 rings (SSSR count). The third kappa shape index (κ3) is 4.78. The minimum Gasteiger partial charge on any atom is -0.354 e. The van der Waals surface area contributed by atoms with Crippen molar-refractivity contribution in [2.45, 2.75) is 6.92 Å². The van der Waals surface area contributed by atoms with Gasteiger partial charge in [0.2, 0.25) is 0 Å². The molecule has 3 heteroatoms. The average molecular weight is 504 g/mol. The summed E-state index contributed by atoms with van der Waals surface area (Å²) in [6.45, 7) is 2.13. The zero-order chi connectivity index (χ0) is 26.6. The first-order valence-corrected chi connectivity index (χ1v) is 13.1. The van der Waals surface area contributed by atoms with Gasteiger partial charge in [-0.25, -0.2) is 0 Å². The second-order valence-corrected chi connectivity index (χ2v) is 9.58. The van der Waals surface area contributed by atoms with Crippen molar-refractivity contribution in [3.05, 3.63) is 161 Å². The zero-order valence-electron chi connectivity index (χ0n) is 21.8. The first-order chi connectivity index (χ1) is 19.2. The molecule has 0 radical (unpaired) electrons. The van der Waals surface area contributed by atoms with Gasteiger partial charge in [0.25, 0.3) is 0 Å². The third-order valence-electron chi connectivity index (χ3n) is 7.09. The molecular formula is C36H29N3. The summed E-state index contributed by atoms with van der Waals surface area (Å²) in [5.74, 6) is 0. The predicted octanol–water partition coefficient (Wildman–Crippen LogP) is 9.08. The molecule has 0 aliphatic carbocycles. The molecule has 0 saturated heterocycles. The van der Waals surface area contributed by atoms with E-state index in [-0.39, 0.29) is 0 Å². The van der Waals surface area contributed by atoms with Crippen LogP contribution in [0.3, 0.4) is 0 Å². The Morgan fingerprint density at radius 3 is 1.85 bits per heavy atom. The lowest BCUT2D eigenvalue weighted by atomic mass is 9.91. The van der Waals surface area contributed by atoms with Crippen molar-refractivity contribution in [2.24, 2.45) is 0 Å². The van der Waals surface area contributed by atoms with Crippen molar-refractivity contribution in [1.82, 2.24) is 5.32 Å². The molecule has 188 valence electrons. The Morgan fingerprint density at radius 1 is 0.641 bits per heavy atom. The van der Waals surface area contributed by atoms with Crippen molar-refractivity contribution >= 4 is 46.3 Å². The fourth-order valence-electron chi connectivity index (χ4n) is 5.17. The highest BCUT2D eigenvalue weighted by Crippen LogP contribution is 2.40. The summed E-state index contributed by atoms with van der Waals surface area (Å²) in [7, 11) is 0. The van der Waals surface area contributed by atoms with E-state index in [0.717, 1.165) is 56.3 Å². The maximum Gasteiger partial charge on any atom is 0.0559 e. The van der Waals surface area contributed by atoms with Gasteiger partial charge in [0.05, 0.1) is 5.70 Å². The molecule has 1 aliphatic heterocycles. The van der Waals surface area contributed by atoms with E-state index < -0.39 is 0 Å². The molecular weight excluding hydrogens is 474 g/mol. The van der Waals surface area contributed by atoms with E-state index in [1.54, 1.807) is 0 Å². The highest BCUT2D eigenvalue weighted by Gasteiger charge is 2.23. The first-order valence-electron chi connectivity index (χ1n) is 13.1. The second-order valence-electron chi connectivity index (χ2n) is 9.58. The number of nitrogens with zero attached hydrogens (tertiary/aromatic N) is 1. The van der Waals surface area contributed by atoms with Gasteiger partial charge < -0.3 is 15.6 Å². The fourth-order valence-corrected chi connectivity index (χ4v) is 5.17. The third-order valence-corrected chi connectivity index (χ3v) is 7.09. The number of fused-ring (bicyclic) bond motifs is 1. The number of hydrogen-bond acceptors (Lipinski definition) is 3. The van der Waals surface area contributed by atoms with Crippen molar-refractivity contribution < 1.29 is 0 Å². The molecule has 0 amide bonds. The molecule has 0 aromatic heterocycles. The SMILES string of the molecule is Cc1ccccc1C1=Cc2ccc(N(c3ccccc3)c3ccccc3)cc2/C(=C(/C=N)c2ccccc2)N1. The van der Waals surface area contributed by atoms with Crippen molar-refractivity contribution in [2.75, 3.05) is 4.90 Å². The minimum absolute atomic E-state index is 0.846. The van der Waals surface area contributed by atoms with Gasteiger partial charge in [0, 0.05) is 45.7 Å². The summed E-state index contributed by atoms with van der Waals surface area (Å²) in [5.41, 5.74) is 11.6. The van der Waals surface area contributed by atoms with E-state index in [9.17, 15) is 0 Å². The molecule has 0 atom stereocenters. The van der Waals surface area contributed by atoms with E-state index in [0.29, 0.717) is 0 Å². The maximum absolute atomic E-state index is 8.44. The number of allylic oxidation sites excluding steroid dienone is 1. The maximum atomic E-state index is 8.44. The van der Waals surface area contributed by atoms with Gasteiger partial charge in [-0.1, -0.05) is 97.1 Å². The van der Waals surface area contributed by atoms with Crippen LogP contribution in [0.25, 0.3) is 23.0 Å². The second kappa shape index (κ2) is 10.7. The summed E-state index contributed by atoms with van der Waals surface area (Å²) >= 11 is 0. The van der Waals surface area contributed by atoms with Crippen LogP contribution in [0.5, 0.6) is 0 Å². The predicted molar refractivity (Wildman–Crippen MR) is 165 cm³/mol. The van der Waals surface area contributed by atoms with Crippen molar-refractivity contribution in [1.29, 1.82) is 5.41 Å². The van der Waals surface area contributed by atoms with Gasteiger partial charge in [-0.15, -0.1) is 0 Å². The van der Waals surface area contributed by atoms with Crippen LogP contribution < -0.4 is 10.2 Å². The summed E-state index contributed by atoms with van der Waals surface area (Å²) in [4.78, 5) is 2.27. The Balaban J connectivity index is 1.59. The molecule has 0 fully saturated rings. The summed E-state index contributed by atoms with van der Waals surface area (Å²) in [6.07, 6.45) is 3.67. The molecule has 39 heavy (non-hydrogen) atoms. The Labute approximate surface area is 229 Å². The normalized spacial score (nSPS) is 13.5. The van der Waals surface area contributed by atoms with Crippen molar-refractivity contribution in [3.8, 4) is 0 Å². The highest BCUT2D eigenvalue weighted by molar-refractivity contribution is 6.20. The molecule has 1 heterocycles. The topological polar surface area (TPSA) is 39.1 Å². The number of aryl methyl sites for hydroxylation is 1. The smallest absolute Gasteiger partial charge is 0.0559 e. The van der Waals surface area contributed by atoms with Gasteiger partial charge >= 0.3 is 0 Å². The molecule has 0 unspecified atom stereocenters. The van der Waals surface area contributed by atoms with E-state index >= 15 is 0 Å². The van der Waals surface area contributed by atoms with E-state index in [1.807, 2.05) is 30.3 Å². The molecule has 3 nitrogen and oxygen atoms in total. The van der Waals surface area contributed by atoms with E-state index in [1.165, 1.54) is 11.8 Å². The van der Waals surface area contributed by atoms with Gasteiger partial charge in [-0.3, -0.25) is 0 Å². The number of para-hydroxylation sites is 2.